The molecular weight excluding hydrogens is 360 g/mol. The molecular formula is C19H16N6O3. The van der Waals surface area contributed by atoms with E-state index in [-0.39, 0.29) is 12.1 Å². The van der Waals surface area contributed by atoms with Crippen LogP contribution in [0.2, 0.25) is 0 Å². The minimum atomic E-state index is -0.440. The third-order valence-electron chi connectivity index (χ3n) is 4.17. The van der Waals surface area contributed by atoms with Crippen molar-refractivity contribution in [2.24, 2.45) is 0 Å². The first-order valence-electron chi connectivity index (χ1n) is 8.47. The van der Waals surface area contributed by atoms with Gasteiger partial charge in [0.15, 0.2) is 5.82 Å². The molecule has 2 N–H and O–H groups in total. The van der Waals surface area contributed by atoms with Crippen LogP contribution in [-0.4, -0.2) is 38.2 Å². The van der Waals surface area contributed by atoms with Crippen LogP contribution in [0.1, 0.15) is 0 Å². The number of aromatic amines is 1. The maximum Gasteiger partial charge on any atom is 0.278 e. The van der Waals surface area contributed by atoms with Gasteiger partial charge in [-0.25, -0.2) is 4.68 Å². The Kier molecular flexibility index (Phi) is 4.55. The highest BCUT2D eigenvalue weighted by Crippen LogP contribution is 2.29. The Morgan fingerprint density at radius 1 is 1.18 bits per heavy atom. The molecule has 9 heteroatoms. The molecule has 0 aliphatic heterocycles. The predicted molar refractivity (Wildman–Crippen MR) is 103 cm³/mol. The van der Waals surface area contributed by atoms with Gasteiger partial charge < -0.3 is 10.1 Å². The summed E-state index contributed by atoms with van der Waals surface area (Å²) in [6.07, 6.45) is 0. The van der Waals surface area contributed by atoms with Crippen molar-refractivity contribution in [1.29, 1.82) is 0 Å². The number of nitrogens with one attached hydrogen (secondary N) is 2. The van der Waals surface area contributed by atoms with Crippen LogP contribution in [0.25, 0.3) is 22.2 Å². The molecule has 140 valence electrons. The van der Waals surface area contributed by atoms with Crippen molar-refractivity contribution in [1.82, 2.24) is 25.2 Å². The summed E-state index contributed by atoms with van der Waals surface area (Å²) < 4.78 is 6.35. The van der Waals surface area contributed by atoms with Gasteiger partial charge in [0.25, 0.3) is 5.56 Å². The Labute approximate surface area is 159 Å². The van der Waals surface area contributed by atoms with Gasteiger partial charge in [-0.2, -0.15) is 5.10 Å². The summed E-state index contributed by atoms with van der Waals surface area (Å²) in [5, 5.41) is 17.8. The lowest BCUT2D eigenvalue weighted by molar-refractivity contribution is -0.117. The number of fused-ring (bicyclic) bond motifs is 1. The molecule has 1 amide bonds. The predicted octanol–water partition coefficient (Wildman–Crippen LogP) is 1.83. The molecule has 4 aromatic rings. The van der Waals surface area contributed by atoms with E-state index in [4.69, 9.17) is 4.74 Å². The molecule has 28 heavy (non-hydrogen) atoms. The van der Waals surface area contributed by atoms with E-state index in [1.54, 1.807) is 37.4 Å². The van der Waals surface area contributed by atoms with Crippen molar-refractivity contribution in [3.05, 3.63) is 65.0 Å². The molecule has 9 nitrogen and oxygen atoms in total. The molecule has 0 saturated heterocycles. The Morgan fingerprint density at radius 3 is 2.82 bits per heavy atom. The summed E-state index contributed by atoms with van der Waals surface area (Å²) in [5.74, 6) is 0.569. The second-order valence-electron chi connectivity index (χ2n) is 5.98. The topological polar surface area (TPSA) is 115 Å². The van der Waals surface area contributed by atoms with Crippen molar-refractivity contribution in [3.63, 3.8) is 0 Å². The van der Waals surface area contributed by atoms with Gasteiger partial charge in [0, 0.05) is 11.6 Å². The van der Waals surface area contributed by atoms with E-state index >= 15 is 0 Å². The third-order valence-corrected chi connectivity index (χ3v) is 4.17. The minimum Gasteiger partial charge on any atom is -0.496 e. The number of rotatable bonds is 5. The van der Waals surface area contributed by atoms with Crippen LogP contribution in [0, 0.1) is 0 Å². The fraction of sp³-hybridized carbons (Fsp3) is 0.105. The molecule has 2 aromatic carbocycles. The fourth-order valence-electron chi connectivity index (χ4n) is 2.84. The number of H-pyrrole nitrogens is 1. The van der Waals surface area contributed by atoms with Gasteiger partial charge in [0.2, 0.25) is 5.91 Å². The number of benzene rings is 2. The Bertz CT molecular complexity index is 1210. The number of hydrogen-bond acceptors (Lipinski definition) is 6. The summed E-state index contributed by atoms with van der Waals surface area (Å²) in [6, 6.07) is 16.0. The monoisotopic (exact) mass is 376 g/mol. The number of carbonyl (C=O) groups excluding carboxylic acids is 1. The number of nitrogens with zero attached hydrogens (tertiary/aromatic N) is 4. The van der Waals surface area contributed by atoms with Crippen molar-refractivity contribution < 1.29 is 9.53 Å². The van der Waals surface area contributed by atoms with Gasteiger partial charge in [-0.15, -0.1) is 5.10 Å². The van der Waals surface area contributed by atoms with E-state index in [9.17, 15) is 9.59 Å². The molecule has 0 aliphatic rings. The second-order valence-corrected chi connectivity index (χ2v) is 5.98. The number of carbonyl (C=O) groups is 1. The van der Waals surface area contributed by atoms with E-state index in [2.05, 4.69) is 25.8 Å². The van der Waals surface area contributed by atoms with Crippen LogP contribution >= 0.6 is 0 Å². The number of hydrogen-bond donors (Lipinski definition) is 2. The zero-order chi connectivity index (χ0) is 19.5. The molecule has 0 bridgehead atoms. The van der Waals surface area contributed by atoms with E-state index in [1.807, 2.05) is 24.3 Å². The highest BCUT2D eigenvalue weighted by Gasteiger charge is 2.13. The smallest absolute Gasteiger partial charge is 0.278 e. The molecule has 0 aliphatic carbocycles. The van der Waals surface area contributed by atoms with Gasteiger partial charge in [0.05, 0.1) is 18.2 Å². The average Bonchev–Trinajstić information content (AvgIpc) is 3.18. The van der Waals surface area contributed by atoms with Crippen LogP contribution < -0.4 is 15.6 Å². The molecule has 0 atom stereocenters. The summed E-state index contributed by atoms with van der Waals surface area (Å²) >= 11 is 0. The van der Waals surface area contributed by atoms with Crippen molar-refractivity contribution >= 4 is 22.6 Å². The molecule has 0 spiro atoms. The van der Waals surface area contributed by atoms with Crippen LogP contribution in [-0.2, 0) is 11.3 Å². The van der Waals surface area contributed by atoms with Crippen LogP contribution in [0.15, 0.2) is 59.4 Å². The lowest BCUT2D eigenvalue weighted by atomic mass is 10.1. The summed E-state index contributed by atoms with van der Waals surface area (Å²) in [6.45, 7) is -0.270. The molecule has 0 unspecified atom stereocenters. The van der Waals surface area contributed by atoms with E-state index in [0.717, 1.165) is 10.2 Å². The Balaban J connectivity index is 1.51. The van der Waals surface area contributed by atoms with Crippen LogP contribution in [0.3, 0.4) is 0 Å². The molecule has 0 fully saturated rings. The normalized spacial score (nSPS) is 10.8. The SMILES string of the molecule is COc1ccccc1-c1cc(NC(=O)Cn2nnc3ccccc3c2=O)n[nH]1. The molecule has 2 heterocycles. The quantitative estimate of drug-likeness (QED) is 0.549. The summed E-state index contributed by atoms with van der Waals surface area (Å²) in [7, 11) is 1.58. The Morgan fingerprint density at radius 2 is 1.96 bits per heavy atom. The minimum absolute atomic E-state index is 0.270. The molecule has 0 saturated carbocycles. The van der Waals surface area contributed by atoms with Gasteiger partial charge in [0.1, 0.15) is 17.8 Å². The van der Waals surface area contributed by atoms with E-state index in [1.165, 1.54) is 0 Å². The molecule has 4 rings (SSSR count). The first-order valence-corrected chi connectivity index (χ1v) is 8.47. The van der Waals surface area contributed by atoms with Gasteiger partial charge in [-0.05, 0) is 24.3 Å². The number of aromatic nitrogens is 5. The van der Waals surface area contributed by atoms with Gasteiger partial charge >= 0.3 is 0 Å². The first-order chi connectivity index (χ1) is 13.7. The largest absolute Gasteiger partial charge is 0.496 e. The lowest BCUT2D eigenvalue weighted by Crippen LogP contribution is -2.30. The third kappa shape index (κ3) is 3.32. The zero-order valence-electron chi connectivity index (χ0n) is 14.9. The van der Waals surface area contributed by atoms with Crippen molar-refractivity contribution in [2.45, 2.75) is 6.54 Å². The Hall–Kier alpha value is -4.01. The highest BCUT2D eigenvalue weighted by molar-refractivity contribution is 5.90. The lowest BCUT2D eigenvalue weighted by Gasteiger charge is -2.05. The molecule has 0 radical (unpaired) electrons. The van der Waals surface area contributed by atoms with Crippen molar-refractivity contribution in [2.75, 3.05) is 12.4 Å². The van der Waals surface area contributed by atoms with Gasteiger partial charge in [-0.3, -0.25) is 14.7 Å². The number of anilines is 1. The molecule has 2 aromatic heterocycles. The average molecular weight is 376 g/mol. The summed E-state index contributed by atoms with van der Waals surface area (Å²) in [4.78, 5) is 24.7. The van der Waals surface area contributed by atoms with E-state index < -0.39 is 5.91 Å². The zero-order valence-corrected chi connectivity index (χ0v) is 14.9. The summed E-state index contributed by atoms with van der Waals surface area (Å²) in [5.41, 5.74) is 1.61. The fourth-order valence-corrected chi connectivity index (χ4v) is 2.84. The number of ether oxygens (including phenoxy) is 1. The first kappa shape index (κ1) is 17.4. The van der Waals surface area contributed by atoms with Crippen LogP contribution in [0.5, 0.6) is 5.75 Å². The standard InChI is InChI=1S/C19H16N6O3/c1-28-16-9-5-3-6-12(16)15-10-17(23-21-15)20-18(26)11-25-19(27)13-7-2-4-8-14(13)22-24-25/h2-10H,11H2,1H3,(H2,20,21,23,26). The highest BCUT2D eigenvalue weighted by atomic mass is 16.5. The number of methoxy groups -OCH3 is 1. The number of para-hydroxylation sites is 1. The van der Waals surface area contributed by atoms with Crippen LogP contribution in [0.4, 0.5) is 5.82 Å². The second kappa shape index (κ2) is 7.31. The maximum atomic E-state index is 12.4. The van der Waals surface area contributed by atoms with Crippen molar-refractivity contribution in [3.8, 4) is 17.0 Å². The van der Waals surface area contributed by atoms with E-state index in [0.29, 0.717) is 28.2 Å². The maximum absolute atomic E-state index is 12.4. The number of amides is 1. The van der Waals surface area contributed by atoms with Gasteiger partial charge in [-0.1, -0.05) is 29.5 Å².